The number of carbonyl (C=O) groups is 2. The van der Waals surface area contributed by atoms with Crippen molar-refractivity contribution in [2.45, 2.75) is 32.9 Å². The molecule has 0 saturated carbocycles. The third kappa shape index (κ3) is 5.49. The molecule has 0 spiro atoms. The minimum Gasteiger partial charge on any atom is -0.496 e. The quantitative estimate of drug-likeness (QED) is 0.753. The highest BCUT2D eigenvalue weighted by molar-refractivity contribution is 6.31. The van der Waals surface area contributed by atoms with Gasteiger partial charge in [0.05, 0.1) is 13.5 Å². The monoisotopic (exact) mass is 375 g/mol. The van der Waals surface area contributed by atoms with E-state index in [9.17, 15) is 9.59 Å². The lowest BCUT2D eigenvalue weighted by Gasteiger charge is -2.15. The molecule has 1 amide bonds. The predicted molar refractivity (Wildman–Crippen MR) is 100 cm³/mol. The molecule has 0 heterocycles. The van der Waals surface area contributed by atoms with Crippen molar-refractivity contribution in [1.82, 2.24) is 5.32 Å². The first kappa shape index (κ1) is 19.8. The van der Waals surface area contributed by atoms with Crippen molar-refractivity contribution in [1.29, 1.82) is 0 Å². The molecule has 0 saturated heterocycles. The van der Waals surface area contributed by atoms with Gasteiger partial charge in [-0.05, 0) is 31.5 Å². The first-order valence-corrected chi connectivity index (χ1v) is 8.62. The van der Waals surface area contributed by atoms with Gasteiger partial charge < -0.3 is 14.8 Å². The van der Waals surface area contributed by atoms with E-state index >= 15 is 0 Å². The largest absolute Gasteiger partial charge is 0.496 e. The number of carbonyl (C=O) groups excluding carboxylic acids is 2. The highest BCUT2D eigenvalue weighted by Gasteiger charge is 2.19. The highest BCUT2D eigenvalue weighted by Crippen LogP contribution is 2.20. The number of hydrogen-bond donors (Lipinski definition) is 1. The number of nitrogens with one attached hydrogen (secondary N) is 1. The summed E-state index contributed by atoms with van der Waals surface area (Å²) >= 11 is 6.05. The number of halogens is 1. The van der Waals surface area contributed by atoms with Gasteiger partial charge in [-0.2, -0.15) is 0 Å². The third-order valence-electron chi connectivity index (χ3n) is 3.86. The molecule has 138 valence electrons. The van der Waals surface area contributed by atoms with Gasteiger partial charge in [-0.25, -0.2) is 0 Å². The second-order valence-corrected chi connectivity index (χ2v) is 6.34. The zero-order valence-corrected chi connectivity index (χ0v) is 15.8. The van der Waals surface area contributed by atoms with E-state index in [4.69, 9.17) is 21.1 Å². The molecule has 0 fully saturated rings. The summed E-state index contributed by atoms with van der Waals surface area (Å²) in [6, 6.07) is 12.8. The summed E-state index contributed by atoms with van der Waals surface area (Å²) in [7, 11) is 1.55. The lowest BCUT2D eigenvalue weighted by atomic mass is 10.1. The molecule has 0 aliphatic carbocycles. The van der Waals surface area contributed by atoms with Gasteiger partial charge in [0.15, 0.2) is 6.10 Å². The smallest absolute Gasteiger partial charge is 0.311 e. The molecule has 0 aliphatic heterocycles. The van der Waals surface area contributed by atoms with E-state index in [1.54, 1.807) is 19.2 Å². The minimum absolute atomic E-state index is 0.0347. The molecule has 26 heavy (non-hydrogen) atoms. The Morgan fingerprint density at radius 3 is 2.58 bits per heavy atom. The lowest BCUT2D eigenvalue weighted by Crippen LogP contribution is -2.35. The van der Waals surface area contributed by atoms with E-state index in [2.05, 4.69) is 5.32 Å². The summed E-state index contributed by atoms with van der Waals surface area (Å²) in [4.78, 5) is 24.3. The Morgan fingerprint density at radius 2 is 1.88 bits per heavy atom. The van der Waals surface area contributed by atoms with Crippen LogP contribution in [0.2, 0.25) is 5.02 Å². The molecular weight excluding hydrogens is 354 g/mol. The van der Waals surface area contributed by atoms with Gasteiger partial charge in [0.1, 0.15) is 5.75 Å². The Balaban J connectivity index is 1.89. The Bertz CT molecular complexity index is 791. The van der Waals surface area contributed by atoms with Crippen LogP contribution in [0.15, 0.2) is 42.5 Å². The van der Waals surface area contributed by atoms with Crippen LogP contribution in [-0.4, -0.2) is 25.1 Å². The van der Waals surface area contributed by atoms with Crippen LogP contribution in [0.25, 0.3) is 0 Å². The average molecular weight is 376 g/mol. The fraction of sp³-hybridized carbons (Fsp3) is 0.300. The number of ether oxygens (including phenoxy) is 2. The van der Waals surface area contributed by atoms with Gasteiger partial charge in [-0.3, -0.25) is 9.59 Å². The van der Waals surface area contributed by atoms with Crippen molar-refractivity contribution >= 4 is 23.5 Å². The Kier molecular flexibility index (Phi) is 7.04. The molecule has 0 unspecified atom stereocenters. The minimum atomic E-state index is -0.902. The van der Waals surface area contributed by atoms with Gasteiger partial charge in [0.25, 0.3) is 5.91 Å². The average Bonchev–Trinajstić information content (AvgIpc) is 2.60. The number of esters is 1. The predicted octanol–water partition coefficient (Wildman–Crippen LogP) is 3.45. The molecule has 5 nitrogen and oxygen atoms in total. The third-order valence-corrected chi connectivity index (χ3v) is 4.23. The molecule has 0 aromatic heterocycles. The van der Waals surface area contributed by atoms with Crippen molar-refractivity contribution in [3.63, 3.8) is 0 Å². The van der Waals surface area contributed by atoms with E-state index in [1.807, 2.05) is 37.3 Å². The summed E-state index contributed by atoms with van der Waals surface area (Å²) in [6.07, 6.45) is -0.867. The summed E-state index contributed by atoms with van der Waals surface area (Å²) in [6.45, 7) is 3.73. The zero-order valence-electron chi connectivity index (χ0n) is 15.0. The fourth-order valence-electron chi connectivity index (χ4n) is 2.46. The van der Waals surface area contributed by atoms with Gasteiger partial charge in [0, 0.05) is 17.1 Å². The molecule has 2 aromatic rings. The maximum Gasteiger partial charge on any atom is 0.311 e. The van der Waals surface area contributed by atoms with E-state index in [1.165, 1.54) is 6.92 Å². The Labute approximate surface area is 158 Å². The van der Waals surface area contributed by atoms with Crippen LogP contribution in [0, 0.1) is 6.92 Å². The lowest BCUT2D eigenvalue weighted by molar-refractivity contribution is -0.154. The molecule has 1 N–H and O–H groups in total. The van der Waals surface area contributed by atoms with Crippen LogP contribution >= 0.6 is 11.6 Å². The van der Waals surface area contributed by atoms with Crippen LogP contribution in [0.3, 0.4) is 0 Å². The highest BCUT2D eigenvalue weighted by atomic mass is 35.5. The van der Waals surface area contributed by atoms with Crippen molar-refractivity contribution in [3.05, 3.63) is 64.2 Å². The maximum atomic E-state index is 12.2. The Morgan fingerprint density at radius 1 is 1.15 bits per heavy atom. The van der Waals surface area contributed by atoms with Crippen LogP contribution in [0.1, 0.15) is 23.6 Å². The first-order valence-electron chi connectivity index (χ1n) is 8.25. The maximum absolute atomic E-state index is 12.2. The number of benzene rings is 2. The topological polar surface area (TPSA) is 64.6 Å². The summed E-state index contributed by atoms with van der Waals surface area (Å²) in [5.41, 5.74) is 2.53. The summed E-state index contributed by atoms with van der Waals surface area (Å²) in [5, 5.41) is 3.29. The van der Waals surface area contributed by atoms with Crippen molar-refractivity contribution in [3.8, 4) is 5.75 Å². The van der Waals surface area contributed by atoms with Crippen LogP contribution < -0.4 is 10.1 Å². The number of hydrogen-bond acceptors (Lipinski definition) is 4. The second kappa shape index (κ2) is 9.25. The molecule has 1 atom stereocenters. The van der Waals surface area contributed by atoms with Crippen LogP contribution in [0.5, 0.6) is 5.75 Å². The SMILES string of the molecule is COc1ccc(C)cc1CC(=O)O[C@H](C)C(=O)NCc1ccccc1Cl. The van der Waals surface area contributed by atoms with Crippen molar-refractivity contribution in [2.24, 2.45) is 0 Å². The first-order chi connectivity index (χ1) is 12.4. The standard InChI is InChI=1S/C20H22ClNO4/c1-13-8-9-18(25-3)16(10-13)11-19(23)26-14(2)20(24)22-12-15-6-4-5-7-17(15)21/h4-10,14H,11-12H2,1-3H3,(H,22,24)/t14-/m1/s1. The van der Waals surface area contributed by atoms with Crippen LogP contribution in [0.4, 0.5) is 0 Å². The summed E-state index contributed by atoms with van der Waals surface area (Å²) in [5.74, 6) is -0.257. The Hall–Kier alpha value is -2.53. The normalized spacial score (nSPS) is 11.5. The van der Waals surface area contributed by atoms with E-state index in [0.717, 1.165) is 16.7 Å². The number of amides is 1. The van der Waals surface area contributed by atoms with Gasteiger partial charge in [-0.1, -0.05) is 47.5 Å². The van der Waals surface area contributed by atoms with E-state index < -0.39 is 12.1 Å². The fourth-order valence-corrected chi connectivity index (χ4v) is 2.66. The second-order valence-electron chi connectivity index (χ2n) is 5.93. The molecule has 6 heteroatoms. The van der Waals surface area contributed by atoms with Gasteiger partial charge in [-0.15, -0.1) is 0 Å². The molecule has 0 radical (unpaired) electrons. The van der Waals surface area contributed by atoms with Crippen molar-refractivity contribution in [2.75, 3.05) is 7.11 Å². The van der Waals surface area contributed by atoms with E-state index in [-0.39, 0.29) is 18.9 Å². The zero-order chi connectivity index (χ0) is 19.1. The van der Waals surface area contributed by atoms with E-state index in [0.29, 0.717) is 10.8 Å². The molecule has 2 rings (SSSR count). The van der Waals surface area contributed by atoms with Crippen LogP contribution in [-0.2, 0) is 27.3 Å². The van der Waals surface area contributed by atoms with Crippen molar-refractivity contribution < 1.29 is 19.1 Å². The molecule has 0 aliphatic rings. The summed E-state index contributed by atoms with van der Waals surface area (Å²) < 4.78 is 10.5. The molecular formula is C20H22ClNO4. The number of aryl methyl sites for hydroxylation is 1. The van der Waals surface area contributed by atoms with Gasteiger partial charge in [0.2, 0.25) is 0 Å². The number of rotatable bonds is 7. The van der Waals surface area contributed by atoms with Gasteiger partial charge >= 0.3 is 5.97 Å². The number of methoxy groups -OCH3 is 1. The molecule has 0 bridgehead atoms. The molecule has 2 aromatic carbocycles.